The normalized spacial score (nSPS) is 22.7. The van der Waals surface area contributed by atoms with Gasteiger partial charge in [0.1, 0.15) is 6.54 Å². The lowest BCUT2D eigenvalue weighted by Crippen LogP contribution is -2.51. The van der Waals surface area contributed by atoms with Gasteiger partial charge in [-0.3, -0.25) is 9.69 Å². The van der Waals surface area contributed by atoms with E-state index in [0.717, 1.165) is 31.6 Å². The highest BCUT2D eigenvalue weighted by atomic mass is 16.5. The highest BCUT2D eigenvalue weighted by Crippen LogP contribution is 2.17. The Morgan fingerprint density at radius 1 is 1.38 bits per heavy atom. The number of aromatic nitrogens is 3. The summed E-state index contributed by atoms with van der Waals surface area (Å²) in [7, 11) is 0. The first-order chi connectivity index (χ1) is 11.4. The molecule has 24 heavy (non-hydrogen) atoms. The standard InChI is InChI=1S/C16H27N5O3/c1-16(2)12-20(7-8-24-16)15(23)11-21-10-13(17-18-21)9-19-5-3-14(22)4-6-19/h10,14,22H,3-9,11-12H2,1-2H3. The number of nitrogens with zero attached hydrogens (tertiary/aromatic N) is 5. The molecule has 2 aliphatic heterocycles. The van der Waals surface area contributed by atoms with Crippen LogP contribution >= 0.6 is 0 Å². The molecule has 2 fully saturated rings. The number of morpholine rings is 1. The average Bonchev–Trinajstić information content (AvgIpc) is 2.95. The number of carbonyl (C=O) groups is 1. The molecule has 0 spiro atoms. The molecule has 1 aromatic heterocycles. The number of carbonyl (C=O) groups excluding carboxylic acids is 1. The predicted octanol–water partition coefficient (Wildman–Crippen LogP) is -0.128. The van der Waals surface area contributed by atoms with Crippen LogP contribution in [0.3, 0.4) is 0 Å². The fourth-order valence-corrected chi connectivity index (χ4v) is 3.26. The highest BCUT2D eigenvalue weighted by molar-refractivity contribution is 5.76. The predicted molar refractivity (Wildman–Crippen MR) is 87.2 cm³/mol. The van der Waals surface area contributed by atoms with Gasteiger partial charge in [0, 0.05) is 32.7 Å². The second kappa shape index (κ2) is 7.16. The van der Waals surface area contributed by atoms with Gasteiger partial charge in [0.25, 0.3) is 0 Å². The Labute approximate surface area is 142 Å². The summed E-state index contributed by atoms with van der Waals surface area (Å²) in [5, 5.41) is 17.8. The molecule has 0 aliphatic carbocycles. The number of hydrogen-bond donors (Lipinski definition) is 1. The van der Waals surface area contributed by atoms with Crippen molar-refractivity contribution >= 4 is 5.91 Å². The molecule has 1 amide bonds. The van der Waals surface area contributed by atoms with E-state index in [1.165, 1.54) is 0 Å². The molecule has 8 heteroatoms. The van der Waals surface area contributed by atoms with E-state index >= 15 is 0 Å². The SMILES string of the molecule is CC1(C)CN(C(=O)Cn2cc(CN3CCC(O)CC3)nn2)CCO1. The van der Waals surface area contributed by atoms with Crippen molar-refractivity contribution in [1.29, 1.82) is 0 Å². The molecular formula is C16H27N5O3. The Balaban J connectivity index is 1.51. The van der Waals surface area contributed by atoms with E-state index in [2.05, 4.69) is 15.2 Å². The summed E-state index contributed by atoms with van der Waals surface area (Å²) in [5.74, 6) is 0.0453. The Morgan fingerprint density at radius 3 is 2.83 bits per heavy atom. The van der Waals surface area contributed by atoms with Gasteiger partial charge in [0.05, 0.1) is 30.2 Å². The lowest BCUT2D eigenvalue weighted by molar-refractivity contribution is -0.146. The summed E-state index contributed by atoms with van der Waals surface area (Å²) in [5.41, 5.74) is 0.571. The van der Waals surface area contributed by atoms with Crippen LogP contribution in [-0.2, 0) is 22.6 Å². The van der Waals surface area contributed by atoms with Crippen LogP contribution < -0.4 is 0 Å². The summed E-state index contributed by atoms with van der Waals surface area (Å²) >= 11 is 0. The molecule has 0 unspecified atom stereocenters. The third kappa shape index (κ3) is 4.52. The minimum absolute atomic E-state index is 0.0453. The second-order valence-electron chi connectivity index (χ2n) is 7.34. The monoisotopic (exact) mass is 337 g/mol. The maximum absolute atomic E-state index is 12.4. The number of rotatable bonds is 4. The largest absolute Gasteiger partial charge is 0.393 e. The Hall–Kier alpha value is -1.51. The van der Waals surface area contributed by atoms with Crippen LogP contribution in [0.15, 0.2) is 6.20 Å². The number of hydrogen-bond acceptors (Lipinski definition) is 6. The topological polar surface area (TPSA) is 83.7 Å². The van der Waals surface area contributed by atoms with Crippen LogP contribution in [0.2, 0.25) is 0 Å². The van der Waals surface area contributed by atoms with Crippen LogP contribution in [0.4, 0.5) is 0 Å². The van der Waals surface area contributed by atoms with Crippen molar-refractivity contribution < 1.29 is 14.6 Å². The van der Waals surface area contributed by atoms with E-state index in [1.54, 1.807) is 4.68 Å². The number of aliphatic hydroxyl groups excluding tert-OH is 1. The summed E-state index contributed by atoms with van der Waals surface area (Å²) < 4.78 is 7.25. The fourth-order valence-electron chi connectivity index (χ4n) is 3.26. The van der Waals surface area contributed by atoms with Crippen LogP contribution in [0.5, 0.6) is 0 Å². The summed E-state index contributed by atoms with van der Waals surface area (Å²) in [6.45, 7) is 8.45. The fraction of sp³-hybridized carbons (Fsp3) is 0.812. The van der Waals surface area contributed by atoms with E-state index < -0.39 is 0 Å². The summed E-state index contributed by atoms with van der Waals surface area (Å²) in [6.07, 6.45) is 3.28. The molecular weight excluding hydrogens is 310 g/mol. The van der Waals surface area contributed by atoms with Crippen LogP contribution in [0.1, 0.15) is 32.4 Å². The lowest BCUT2D eigenvalue weighted by Gasteiger charge is -2.38. The Kier molecular flexibility index (Phi) is 5.17. The van der Waals surface area contributed by atoms with E-state index in [4.69, 9.17) is 4.74 Å². The maximum atomic E-state index is 12.4. The average molecular weight is 337 g/mol. The molecule has 2 aliphatic rings. The Bertz CT molecular complexity index is 566. The molecule has 1 N–H and O–H groups in total. The molecule has 0 bridgehead atoms. The first-order valence-electron chi connectivity index (χ1n) is 8.62. The summed E-state index contributed by atoms with van der Waals surface area (Å²) in [6, 6.07) is 0. The third-order valence-electron chi connectivity index (χ3n) is 4.60. The molecule has 134 valence electrons. The quantitative estimate of drug-likeness (QED) is 0.824. The summed E-state index contributed by atoms with van der Waals surface area (Å²) in [4.78, 5) is 16.5. The van der Waals surface area contributed by atoms with Crippen molar-refractivity contribution in [3.05, 3.63) is 11.9 Å². The molecule has 1 aromatic rings. The van der Waals surface area contributed by atoms with Crippen LogP contribution in [0.25, 0.3) is 0 Å². The lowest BCUT2D eigenvalue weighted by atomic mass is 10.1. The zero-order valence-corrected chi connectivity index (χ0v) is 14.5. The van der Waals surface area contributed by atoms with Gasteiger partial charge in [-0.25, -0.2) is 4.68 Å². The maximum Gasteiger partial charge on any atom is 0.244 e. The van der Waals surface area contributed by atoms with Gasteiger partial charge in [0.15, 0.2) is 0 Å². The van der Waals surface area contributed by atoms with Crippen molar-refractivity contribution in [3.8, 4) is 0 Å². The van der Waals surface area contributed by atoms with Crippen molar-refractivity contribution in [1.82, 2.24) is 24.8 Å². The molecule has 3 heterocycles. The number of aliphatic hydroxyl groups is 1. The first kappa shape index (κ1) is 17.3. The van der Waals surface area contributed by atoms with Gasteiger partial charge in [-0.2, -0.15) is 0 Å². The molecule has 8 nitrogen and oxygen atoms in total. The molecule has 3 rings (SSSR count). The van der Waals surface area contributed by atoms with Crippen LogP contribution in [-0.4, -0.2) is 80.3 Å². The molecule has 0 radical (unpaired) electrons. The zero-order chi connectivity index (χ0) is 17.2. The van der Waals surface area contributed by atoms with Gasteiger partial charge >= 0.3 is 0 Å². The van der Waals surface area contributed by atoms with E-state index in [1.807, 2.05) is 24.9 Å². The van der Waals surface area contributed by atoms with Crippen molar-refractivity contribution in [2.45, 2.75) is 51.5 Å². The number of likely N-dealkylation sites (tertiary alicyclic amines) is 1. The third-order valence-corrected chi connectivity index (χ3v) is 4.60. The molecule has 0 atom stereocenters. The minimum Gasteiger partial charge on any atom is -0.393 e. The zero-order valence-electron chi connectivity index (χ0n) is 14.5. The van der Waals surface area contributed by atoms with E-state index in [9.17, 15) is 9.90 Å². The van der Waals surface area contributed by atoms with Gasteiger partial charge in [0.2, 0.25) is 5.91 Å². The van der Waals surface area contributed by atoms with Crippen molar-refractivity contribution in [2.24, 2.45) is 0 Å². The smallest absolute Gasteiger partial charge is 0.244 e. The minimum atomic E-state index is -0.291. The highest BCUT2D eigenvalue weighted by Gasteiger charge is 2.30. The number of amides is 1. The van der Waals surface area contributed by atoms with Crippen LogP contribution in [0, 0.1) is 0 Å². The number of piperidine rings is 1. The van der Waals surface area contributed by atoms with E-state index in [-0.39, 0.29) is 24.2 Å². The second-order valence-corrected chi connectivity index (χ2v) is 7.34. The molecule has 0 saturated carbocycles. The van der Waals surface area contributed by atoms with Crippen molar-refractivity contribution in [3.63, 3.8) is 0 Å². The van der Waals surface area contributed by atoms with E-state index in [0.29, 0.717) is 26.2 Å². The molecule has 2 saturated heterocycles. The van der Waals surface area contributed by atoms with Crippen molar-refractivity contribution in [2.75, 3.05) is 32.8 Å². The van der Waals surface area contributed by atoms with Gasteiger partial charge in [-0.05, 0) is 26.7 Å². The van der Waals surface area contributed by atoms with Gasteiger partial charge < -0.3 is 14.7 Å². The van der Waals surface area contributed by atoms with Gasteiger partial charge in [-0.1, -0.05) is 5.21 Å². The Morgan fingerprint density at radius 2 is 2.12 bits per heavy atom. The van der Waals surface area contributed by atoms with Gasteiger partial charge in [-0.15, -0.1) is 5.10 Å². The molecule has 0 aromatic carbocycles. The first-order valence-corrected chi connectivity index (χ1v) is 8.62. The number of ether oxygens (including phenoxy) is 1.